The van der Waals surface area contributed by atoms with E-state index in [4.69, 9.17) is 39.5 Å². The van der Waals surface area contributed by atoms with Crippen LogP contribution in [0, 0.1) is 5.92 Å². The lowest BCUT2D eigenvalue weighted by atomic mass is 9.97. The van der Waals surface area contributed by atoms with Gasteiger partial charge in [-0.15, -0.1) is 12.4 Å². The molecule has 1 heterocycles. The molecule has 0 aliphatic carbocycles. The Balaban J connectivity index is 0.00000180. The van der Waals surface area contributed by atoms with E-state index >= 15 is 0 Å². The zero-order valence-corrected chi connectivity index (χ0v) is 13.5. The van der Waals surface area contributed by atoms with Crippen LogP contribution in [0.25, 0.3) is 0 Å². The third-order valence-electron chi connectivity index (χ3n) is 3.16. The third kappa shape index (κ3) is 5.20. The van der Waals surface area contributed by atoms with E-state index in [0.29, 0.717) is 33.3 Å². The van der Waals surface area contributed by atoms with Crippen molar-refractivity contribution in [1.82, 2.24) is 5.32 Å². The lowest BCUT2D eigenvalue weighted by molar-refractivity contribution is 0.254. The van der Waals surface area contributed by atoms with Crippen LogP contribution in [0.2, 0.25) is 15.1 Å². The van der Waals surface area contributed by atoms with Gasteiger partial charge in [-0.3, -0.25) is 0 Å². The summed E-state index contributed by atoms with van der Waals surface area (Å²) in [4.78, 5) is 0. The molecule has 0 amide bonds. The van der Waals surface area contributed by atoms with Gasteiger partial charge in [-0.05, 0) is 44.3 Å². The highest BCUT2D eigenvalue weighted by Gasteiger charge is 2.13. The summed E-state index contributed by atoms with van der Waals surface area (Å²) in [5.41, 5.74) is 0. The molecule has 0 bridgehead atoms. The van der Waals surface area contributed by atoms with Crippen LogP contribution in [0.5, 0.6) is 5.75 Å². The number of benzene rings is 1. The van der Waals surface area contributed by atoms with Gasteiger partial charge < -0.3 is 10.1 Å². The first-order valence-electron chi connectivity index (χ1n) is 6.15. The Morgan fingerprint density at radius 3 is 2.58 bits per heavy atom. The summed E-state index contributed by atoms with van der Waals surface area (Å²) < 4.78 is 5.67. The van der Waals surface area contributed by atoms with Crippen LogP contribution in [-0.4, -0.2) is 19.7 Å². The summed E-state index contributed by atoms with van der Waals surface area (Å²) in [5, 5.41) is 4.81. The van der Waals surface area contributed by atoms with E-state index in [0.717, 1.165) is 19.5 Å². The Morgan fingerprint density at radius 1 is 1.16 bits per heavy atom. The molecule has 1 fully saturated rings. The predicted octanol–water partition coefficient (Wildman–Crippen LogP) is 4.84. The van der Waals surface area contributed by atoms with Crippen molar-refractivity contribution < 1.29 is 4.74 Å². The van der Waals surface area contributed by atoms with Gasteiger partial charge in [-0.25, -0.2) is 0 Å². The highest BCUT2D eigenvalue weighted by atomic mass is 35.5. The Labute approximate surface area is 135 Å². The van der Waals surface area contributed by atoms with E-state index in [-0.39, 0.29) is 12.4 Å². The number of nitrogens with one attached hydrogen (secondary N) is 1. The lowest BCUT2D eigenvalue weighted by Crippen LogP contribution is -2.30. The van der Waals surface area contributed by atoms with Crippen molar-refractivity contribution in [3.8, 4) is 5.75 Å². The topological polar surface area (TPSA) is 21.3 Å². The van der Waals surface area contributed by atoms with Gasteiger partial charge in [0.05, 0.1) is 21.7 Å². The van der Waals surface area contributed by atoms with Crippen molar-refractivity contribution in [1.29, 1.82) is 0 Å². The zero-order chi connectivity index (χ0) is 13.0. The molecule has 1 aliphatic rings. The van der Waals surface area contributed by atoms with Crippen LogP contribution in [0.3, 0.4) is 0 Å². The number of hydrogen-bond acceptors (Lipinski definition) is 2. The van der Waals surface area contributed by atoms with Gasteiger partial charge in [0, 0.05) is 6.07 Å². The van der Waals surface area contributed by atoms with Crippen LogP contribution in [0.15, 0.2) is 12.1 Å². The molecule has 19 heavy (non-hydrogen) atoms. The van der Waals surface area contributed by atoms with Crippen LogP contribution >= 0.6 is 47.2 Å². The van der Waals surface area contributed by atoms with E-state index < -0.39 is 0 Å². The fourth-order valence-electron chi connectivity index (χ4n) is 2.12. The number of rotatable bonds is 4. The first kappa shape index (κ1) is 17.2. The average Bonchev–Trinajstić information content (AvgIpc) is 2.37. The molecule has 1 unspecified atom stereocenters. The summed E-state index contributed by atoms with van der Waals surface area (Å²) in [6, 6.07) is 3.29. The Morgan fingerprint density at radius 2 is 1.89 bits per heavy atom. The van der Waals surface area contributed by atoms with Gasteiger partial charge in [0.2, 0.25) is 0 Å². The van der Waals surface area contributed by atoms with E-state index in [2.05, 4.69) is 5.32 Å². The standard InChI is InChI=1S/C13H16Cl3NO.ClH/c14-10-6-12(16)13(7-11(10)15)18-5-3-9-2-1-4-17-8-9;/h6-7,9,17H,1-5,8H2;1H. The van der Waals surface area contributed by atoms with Crippen molar-refractivity contribution in [2.45, 2.75) is 19.3 Å². The molecule has 1 aliphatic heterocycles. The van der Waals surface area contributed by atoms with Crippen molar-refractivity contribution >= 4 is 47.2 Å². The van der Waals surface area contributed by atoms with Crippen LogP contribution < -0.4 is 10.1 Å². The second-order valence-electron chi connectivity index (χ2n) is 4.55. The minimum Gasteiger partial charge on any atom is -0.492 e. The summed E-state index contributed by atoms with van der Waals surface area (Å²) in [6.07, 6.45) is 3.55. The summed E-state index contributed by atoms with van der Waals surface area (Å²) >= 11 is 17.8. The molecular weight excluding hydrogens is 328 g/mol. The second kappa shape index (κ2) is 8.43. The molecule has 108 valence electrons. The first-order chi connectivity index (χ1) is 8.66. The molecule has 0 spiro atoms. The average molecular weight is 345 g/mol. The normalized spacial score (nSPS) is 18.8. The van der Waals surface area contributed by atoms with E-state index in [9.17, 15) is 0 Å². The van der Waals surface area contributed by atoms with E-state index in [1.165, 1.54) is 12.8 Å². The van der Waals surface area contributed by atoms with Gasteiger partial charge in [0.15, 0.2) is 0 Å². The summed E-state index contributed by atoms with van der Waals surface area (Å²) in [7, 11) is 0. The molecule has 2 nitrogen and oxygen atoms in total. The Hall–Kier alpha value is 0.140. The maximum atomic E-state index is 6.04. The number of ether oxygens (including phenoxy) is 1. The minimum absolute atomic E-state index is 0. The van der Waals surface area contributed by atoms with Gasteiger partial charge in [0.25, 0.3) is 0 Å². The van der Waals surface area contributed by atoms with E-state index in [1.807, 2.05) is 0 Å². The largest absolute Gasteiger partial charge is 0.492 e. The number of piperidine rings is 1. The lowest BCUT2D eigenvalue weighted by Gasteiger charge is -2.22. The van der Waals surface area contributed by atoms with Crippen molar-refractivity contribution in [2.75, 3.05) is 19.7 Å². The van der Waals surface area contributed by atoms with Crippen molar-refractivity contribution in [2.24, 2.45) is 5.92 Å². The fraction of sp³-hybridized carbons (Fsp3) is 0.538. The highest BCUT2D eigenvalue weighted by Crippen LogP contribution is 2.34. The van der Waals surface area contributed by atoms with Gasteiger partial charge in [-0.1, -0.05) is 34.8 Å². The molecule has 6 heteroatoms. The van der Waals surface area contributed by atoms with Gasteiger partial charge >= 0.3 is 0 Å². The number of hydrogen-bond donors (Lipinski definition) is 1. The smallest absolute Gasteiger partial charge is 0.139 e. The molecule has 1 aromatic carbocycles. The molecule has 0 saturated carbocycles. The minimum atomic E-state index is 0. The van der Waals surface area contributed by atoms with E-state index in [1.54, 1.807) is 12.1 Å². The summed E-state index contributed by atoms with van der Waals surface area (Å²) in [5.74, 6) is 1.30. The molecule has 2 rings (SSSR count). The third-order valence-corrected chi connectivity index (χ3v) is 4.17. The molecule has 1 atom stereocenters. The van der Waals surface area contributed by atoms with Crippen LogP contribution in [-0.2, 0) is 0 Å². The van der Waals surface area contributed by atoms with Crippen LogP contribution in [0.4, 0.5) is 0 Å². The summed E-state index contributed by atoms with van der Waals surface area (Å²) in [6.45, 7) is 2.87. The SMILES string of the molecule is Cl.Clc1cc(Cl)c(OCCC2CCCNC2)cc1Cl. The second-order valence-corrected chi connectivity index (χ2v) is 5.77. The first-order valence-corrected chi connectivity index (χ1v) is 7.28. The maximum Gasteiger partial charge on any atom is 0.139 e. The van der Waals surface area contributed by atoms with Crippen molar-refractivity contribution in [3.63, 3.8) is 0 Å². The van der Waals surface area contributed by atoms with Crippen LogP contribution in [0.1, 0.15) is 19.3 Å². The number of halogens is 4. The fourth-order valence-corrected chi connectivity index (χ4v) is 2.71. The maximum absolute atomic E-state index is 6.04. The Bertz CT molecular complexity index is 408. The predicted molar refractivity (Wildman–Crippen MR) is 84.4 cm³/mol. The van der Waals surface area contributed by atoms with Gasteiger partial charge in [0.1, 0.15) is 5.75 Å². The monoisotopic (exact) mass is 343 g/mol. The molecule has 1 saturated heterocycles. The van der Waals surface area contributed by atoms with Crippen molar-refractivity contribution in [3.05, 3.63) is 27.2 Å². The Kier molecular flexibility index (Phi) is 7.63. The molecule has 1 aromatic rings. The zero-order valence-electron chi connectivity index (χ0n) is 10.4. The molecular formula is C13H17Cl4NO. The molecule has 0 radical (unpaired) electrons. The highest BCUT2D eigenvalue weighted by molar-refractivity contribution is 6.43. The molecule has 0 aromatic heterocycles. The quantitative estimate of drug-likeness (QED) is 0.789. The molecule has 1 N–H and O–H groups in total. The van der Waals surface area contributed by atoms with Gasteiger partial charge in [-0.2, -0.15) is 0 Å².